The summed E-state index contributed by atoms with van der Waals surface area (Å²) in [4.78, 5) is 11.6. The molecular weight excluding hydrogens is 222 g/mol. The van der Waals surface area contributed by atoms with E-state index in [4.69, 9.17) is 4.74 Å². The average Bonchev–Trinajstić information content (AvgIpc) is 2.63. The van der Waals surface area contributed by atoms with Crippen molar-refractivity contribution in [2.24, 2.45) is 5.92 Å². The predicted molar refractivity (Wildman–Crippen MR) is 61.1 cm³/mol. The van der Waals surface area contributed by atoms with Crippen molar-refractivity contribution < 1.29 is 9.53 Å². The van der Waals surface area contributed by atoms with E-state index in [-0.39, 0.29) is 12.0 Å². The lowest BCUT2D eigenvalue weighted by Crippen LogP contribution is -2.37. The first-order chi connectivity index (χ1) is 7.79. The van der Waals surface area contributed by atoms with Crippen molar-refractivity contribution in [3.8, 4) is 0 Å². The normalized spacial score (nSPS) is 13.5. The number of rotatable bonds is 3. The van der Waals surface area contributed by atoms with Gasteiger partial charge in [0, 0.05) is 0 Å². The lowest BCUT2D eigenvalue weighted by Gasteiger charge is -2.23. The molecule has 0 aliphatic carbocycles. The van der Waals surface area contributed by atoms with Crippen molar-refractivity contribution in [2.45, 2.75) is 46.3 Å². The minimum absolute atomic E-state index is 0.139. The van der Waals surface area contributed by atoms with Crippen molar-refractivity contribution >= 4 is 6.09 Å². The van der Waals surface area contributed by atoms with Gasteiger partial charge in [-0.3, -0.25) is 0 Å². The van der Waals surface area contributed by atoms with Gasteiger partial charge in [0.1, 0.15) is 5.60 Å². The maximum atomic E-state index is 11.6. The summed E-state index contributed by atoms with van der Waals surface area (Å²) in [6.07, 6.45) is -0.485. The standard InChI is InChI=1S/C10H19N5O2/c1-6(2)7(8-12-14-15-13-8)11-9(16)17-10(3,4)5/h6-7H,1-5H3,(H,11,16)(H,12,13,14,15)/t7-/m0/s1. The number of aromatic amines is 1. The molecule has 1 rings (SSSR count). The van der Waals surface area contributed by atoms with E-state index in [2.05, 4.69) is 25.9 Å². The molecule has 0 unspecified atom stereocenters. The summed E-state index contributed by atoms with van der Waals surface area (Å²) in [6.45, 7) is 9.35. The van der Waals surface area contributed by atoms with E-state index in [1.165, 1.54) is 0 Å². The van der Waals surface area contributed by atoms with Gasteiger partial charge in [-0.15, -0.1) is 10.2 Å². The van der Waals surface area contributed by atoms with E-state index < -0.39 is 11.7 Å². The van der Waals surface area contributed by atoms with Gasteiger partial charge in [-0.05, 0) is 26.7 Å². The van der Waals surface area contributed by atoms with Gasteiger partial charge in [0.15, 0.2) is 5.82 Å². The number of ether oxygens (including phenoxy) is 1. The van der Waals surface area contributed by atoms with Crippen LogP contribution in [-0.4, -0.2) is 32.3 Å². The van der Waals surface area contributed by atoms with Crippen molar-refractivity contribution in [3.05, 3.63) is 5.82 Å². The number of aromatic nitrogens is 4. The Bertz CT molecular complexity index is 355. The monoisotopic (exact) mass is 241 g/mol. The molecule has 1 atom stereocenters. The van der Waals surface area contributed by atoms with Crippen molar-refractivity contribution in [1.82, 2.24) is 25.9 Å². The van der Waals surface area contributed by atoms with E-state index in [1.807, 2.05) is 34.6 Å². The number of hydrogen-bond donors (Lipinski definition) is 2. The Morgan fingerprint density at radius 3 is 2.47 bits per heavy atom. The van der Waals surface area contributed by atoms with Gasteiger partial charge in [-0.1, -0.05) is 19.1 Å². The number of H-pyrrole nitrogens is 1. The molecule has 0 spiro atoms. The number of carbonyl (C=O) groups excluding carboxylic acids is 1. The van der Waals surface area contributed by atoms with Gasteiger partial charge in [0.25, 0.3) is 0 Å². The molecule has 7 heteroatoms. The van der Waals surface area contributed by atoms with E-state index >= 15 is 0 Å². The van der Waals surface area contributed by atoms with Gasteiger partial charge >= 0.3 is 6.09 Å². The van der Waals surface area contributed by atoms with Crippen LogP contribution in [-0.2, 0) is 4.74 Å². The average molecular weight is 241 g/mol. The summed E-state index contributed by atoms with van der Waals surface area (Å²) in [5.41, 5.74) is -0.525. The summed E-state index contributed by atoms with van der Waals surface area (Å²) >= 11 is 0. The third-order valence-corrected chi connectivity index (χ3v) is 1.98. The molecule has 0 fully saturated rings. The molecule has 1 aromatic heterocycles. The van der Waals surface area contributed by atoms with Crippen LogP contribution in [0.4, 0.5) is 4.79 Å². The Kier molecular flexibility index (Phi) is 4.03. The fourth-order valence-electron chi connectivity index (χ4n) is 1.27. The Hall–Kier alpha value is -1.66. The molecule has 0 aliphatic heterocycles. The van der Waals surface area contributed by atoms with Crippen LogP contribution in [0.15, 0.2) is 0 Å². The third kappa shape index (κ3) is 4.38. The second kappa shape index (κ2) is 5.11. The van der Waals surface area contributed by atoms with Crippen LogP contribution in [0.5, 0.6) is 0 Å². The first kappa shape index (κ1) is 13.4. The molecule has 0 aliphatic rings. The van der Waals surface area contributed by atoms with Gasteiger partial charge in [0.05, 0.1) is 6.04 Å². The molecule has 7 nitrogen and oxygen atoms in total. The van der Waals surface area contributed by atoms with E-state index in [1.54, 1.807) is 0 Å². The highest BCUT2D eigenvalue weighted by Crippen LogP contribution is 2.18. The molecule has 17 heavy (non-hydrogen) atoms. The molecule has 2 N–H and O–H groups in total. The first-order valence-corrected chi connectivity index (χ1v) is 5.52. The number of carbonyl (C=O) groups is 1. The second-order valence-electron chi connectivity index (χ2n) is 5.14. The number of amides is 1. The number of nitrogens with one attached hydrogen (secondary N) is 2. The Morgan fingerprint density at radius 2 is 2.06 bits per heavy atom. The van der Waals surface area contributed by atoms with Crippen LogP contribution in [0, 0.1) is 5.92 Å². The molecule has 1 aromatic rings. The molecule has 1 amide bonds. The van der Waals surface area contributed by atoms with Crippen LogP contribution in [0.2, 0.25) is 0 Å². The molecule has 96 valence electrons. The topological polar surface area (TPSA) is 92.8 Å². The lowest BCUT2D eigenvalue weighted by atomic mass is 10.0. The number of hydrogen-bond acceptors (Lipinski definition) is 5. The van der Waals surface area contributed by atoms with Gasteiger partial charge in [0.2, 0.25) is 0 Å². The van der Waals surface area contributed by atoms with E-state index in [9.17, 15) is 4.79 Å². The maximum Gasteiger partial charge on any atom is 0.408 e. The van der Waals surface area contributed by atoms with Crippen LogP contribution in [0.1, 0.15) is 46.5 Å². The highest BCUT2D eigenvalue weighted by atomic mass is 16.6. The minimum Gasteiger partial charge on any atom is -0.444 e. The third-order valence-electron chi connectivity index (χ3n) is 1.98. The largest absolute Gasteiger partial charge is 0.444 e. The Balaban J connectivity index is 2.66. The molecular formula is C10H19N5O2. The smallest absolute Gasteiger partial charge is 0.408 e. The quantitative estimate of drug-likeness (QED) is 0.834. The minimum atomic E-state index is -0.525. The fraction of sp³-hybridized carbons (Fsp3) is 0.800. The zero-order chi connectivity index (χ0) is 13.1. The number of tetrazole rings is 1. The molecule has 0 radical (unpaired) electrons. The van der Waals surface area contributed by atoms with Gasteiger partial charge < -0.3 is 10.1 Å². The maximum absolute atomic E-state index is 11.6. The first-order valence-electron chi connectivity index (χ1n) is 5.52. The number of alkyl carbamates (subject to hydrolysis) is 1. The SMILES string of the molecule is CC(C)[C@H](NC(=O)OC(C)(C)C)c1nn[nH]n1. The second-order valence-corrected chi connectivity index (χ2v) is 5.14. The van der Waals surface area contributed by atoms with E-state index in [0.29, 0.717) is 5.82 Å². The molecule has 0 saturated carbocycles. The number of nitrogens with zero attached hydrogens (tertiary/aromatic N) is 3. The Labute approximate surface area is 100 Å². The summed E-state index contributed by atoms with van der Waals surface area (Å²) in [7, 11) is 0. The van der Waals surface area contributed by atoms with Crippen LogP contribution in [0.3, 0.4) is 0 Å². The lowest BCUT2D eigenvalue weighted by molar-refractivity contribution is 0.0486. The molecule has 0 aromatic carbocycles. The van der Waals surface area contributed by atoms with Crippen LogP contribution >= 0.6 is 0 Å². The molecule has 0 saturated heterocycles. The Morgan fingerprint density at radius 1 is 1.41 bits per heavy atom. The van der Waals surface area contributed by atoms with Crippen LogP contribution < -0.4 is 5.32 Å². The van der Waals surface area contributed by atoms with Gasteiger partial charge in [-0.25, -0.2) is 4.79 Å². The zero-order valence-corrected chi connectivity index (χ0v) is 10.8. The summed E-state index contributed by atoms with van der Waals surface area (Å²) in [6, 6.07) is -0.316. The summed E-state index contributed by atoms with van der Waals surface area (Å²) in [5, 5.41) is 16.3. The van der Waals surface area contributed by atoms with Crippen molar-refractivity contribution in [3.63, 3.8) is 0 Å². The van der Waals surface area contributed by atoms with Crippen molar-refractivity contribution in [2.75, 3.05) is 0 Å². The highest BCUT2D eigenvalue weighted by molar-refractivity contribution is 5.68. The summed E-state index contributed by atoms with van der Waals surface area (Å²) < 4.78 is 5.18. The molecule has 0 bridgehead atoms. The van der Waals surface area contributed by atoms with E-state index in [0.717, 1.165) is 0 Å². The van der Waals surface area contributed by atoms with Crippen molar-refractivity contribution in [1.29, 1.82) is 0 Å². The van der Waals surface area contributed by atoms with Gasteiger partial charge in [-0.2, -0.15) is 5.21 Å². The zero-order valence-electron chi connectivity index (χ0n) is 10.8. The molecule has 1 heterocycles. The highest BCUT2D eigenvalue weighted by Gasteiger charge is 2.25. The summed E-state index contributed by atoms with van der Waals surface area (Å²) in [5.74, 6) is 0.589. The predicted octanol–water partition coefficient (Wildman–Crippen LogP) is 1.42. The van der Waals surface area contributed by atoms with Crippen LogP contribution in [0.25, 0.3) is 0 Å². The fourth-order valence-corrected chi connectivity index (χ4v) is 1.27.